The zero-order valence-corrected chi connectivity index (χ0v) is 9.77. The summed E-state index contributed by atoms with van der Waals surface area (Å²) in [5, 5.41) is 3.35. The first-order valence-corrected chi connectivity index (χ1v) is 5.89. The molecule has 1 unspecified atom stereocenters. The quantitative estimate of drug-likeness (QED) is 0.790. The third kappa shape index (κ3) is 2.80. The van der Waals surface area contributed by atoms with Crippen molar-refractivity contribution in [2.45, 2.75) is 38.4 Å². The third-order valence-electron chi connectivity index (χ3n) is 3.28. The highest BCUT2D eigenvalue weighted by molar-refractivity contribution is 5.34. The van der Waals surface area contributed by atoms with Gasteiger partial charge in [0.25, 0.3) is 0 Å². The number of nitrogens with one attached hydrogen (secondary N) is 1. The fraction of sp³-hybridized carbons (Fsp3) is 0.538. The van der Waals surface area contributed by atoms with Crippen molar-refractivity contribution in [3.05, 3.63) is 34.9 Å². The van der Waals surface area contributed by atoms with Gasteiger partial charge in [0, 0.05) is 6.04 Å². The van der Waals surface area contributed by atoms with Gasteiger partial charge in [-0.2, -0.15) is 13.2 Å². The summed E-state index contributed by atoms with van der Waals surface area (Å²) in [6.07, 6.45) is -0.955. The van der Waals surface area contributed by atoms with Gasteiger partial charge in [0.1, 0.15) is 0 Å². The fourth-order valence-electron chi connectivity index (χ4n) is 2.36. The molecule has 1 aliphatic rings. The molecule has 94 valence electrons. The summed E-state index contributed by atoms with van der Waals surface area (Å²) in [4.78, 5) is 0. The van der Waals surface area contributed by atoms with E-state index in [4.69, 9.17) is 0 Å². The van der Waals surface area contributed by atoms with E-state index in [1.165, 1.54) is 12.1 Å². The molecule has 0 spiro atoms. The Morgan fingerprint density at radius 3 is 2.53 bits per heavy atom. The van der Waals surface area contributed by atoms with Crippen LogP contribution >= 0.6 is 0 Å². The van der Waals surface area contributed by atoms with Gasteiger partial charge in [-0.3, -0.25) is 0 Å². The van der Waals surface area contributed by atoms with Crippen LogP contribution in [0, 0.1) is 6.92 Å². The zero-order valence-electron chi connectivity index (χ0n) is 9.77. The molecular weight excluding hydrogens is 227 g/mol. The molecular formula is C13H16F3N. The molecule has 0 radical (unpaired) electrons. The van der Waals surface area contributed by atoms with Gasteiger partial charge in [-0.05, 0) is 49.6 Å². The minimum absolute atomic E-state index is 0.214. The Morgan fingerprint density at radius 1 is 1.24 bits per heavy atom. The maximum absolute atomic E-state index is 12.5. The van der Waals surface area contributed by atoms with Crippen molar-refractivity contribution in [3.8, 4) is 0 Å². The highest BCUT2D eigenvalue weighted by atomic mass is 19.4. The molecule has 1 fully saturated rings. The van der Waals surface area contributed by atoms with Crippen LogP contribution in [0.5, 0.6) is 0 Å². The maximum Gasteiger partial charge on any atom is 0.416 e. The monoisotopic (exact) mass is 243 g/mol. The summed E-state index contributed by atoms with van der Waals surface area (Å²) in [5.41, 5.74) is 1.16. The molecule has 0 saturated carbocycles. The molecule has 2 rings (SSSR count). The van der Waals surface area contributed by atoms with Crippen LogP contribution in [-0.4, -0.2) is 6.54 Å². The predicted molar refractivity (Wildman–Crippen MR) is 60.8 cm³/mol. The van der Waals surface area contributed by atoms with Crippen molar-refractivity contribution in [2.75, 3.05) is 6.54 Å². The van der Waals surface area contributed by atoms with E-state index in [0.717, 1.165) is 36.9 Å². The lowest BCUT2D eigenvalue weighted by Gasteiger charge is -2.25. The van der Waals surface area contributed by atoms with Gasteiger partial charge in [0.2, 0.25) is 0 Å². The van der Waals surface area contributed by atoms with Gasteiger partial charge in [0.05, 0.1) is 5.56 Å². The van der Waals surface area contributed by atoms with Crippen LogP contribution in [0.25, 0.3) is 0 Å². The largest absolute Gasteiger partial charge is 0.416 e. The standard InChI is InChI=1S/C13H16F3N/c1-9-8-10(13(14,15)16)5-6-11(9)12-4-2-3-7-17-12/h5-6,8,12,17H,2-4,7H2,1H3. The molecule has 1 heterocycles. The summed E-state index contributed by atoms with van der Waals surface area (Å²) in [6, 6.07) is 4.25. The number of hydrogen-bond acceptors (Lipinski definition) is 1. The average molecular weight is 243 g/mol. The van der Waals surface area contributed by atoms with Crippen LogP contribution in [0.3, 0.4) is 0 Å². The minimum atomic E-state index is -4.25. The number of rotatable bonds is 1. The Hall–Kier alpha value is -1.03. The lowest BCUT2D eigenvalue weighted by molar-refractivity contribution is -0.137. The van der Waals surface area contributed by atoms with Crippen LogP contribution in [-0.2, 0) is 6.18 Å². The number of piperidine rings is 1. The Kier molecular flexibility index (Phi) is 3.43. The maximum atomic E-state index is 12.5. The Labute approximate surface area is 99.0 Å². The van der Waals surface area contributed by atoms with Gasteiger partial charge in [-0.15, -0.1) is 0 Å². The molecule has 1 N–H and O–H groups in total. The van der Waals surface area contributed by atoms with Gasteiger partial charge >= 0.3 is 6.18 Å². The van der Waals surface area contributed by atoms with Crippen LogP contribution in [0.1, 0.15) is 42.0 Å². The summed E-state index contributed by atoms with van der Waals surface area (Å²) >= 11 is 0. The number of aryl methyl sites for hydroxylation is 1. The van der Waals surface area contributed by atoms with E-state index < -0.39 is 11.7 Å². The SMILES string of the molecule is Cc1cc(C(F)(F)F)ccc1C1CCCCN1. The van der Waals surface area contributed by atoms with Crippen molar-refractivity contribution in [3.63, 3.8) is 0 Å². The van der Waals surface area contributed by atoms with Crippen molar-refractivity contribution >= 4 is 0 Å². The molecule has 1 aromatic rings. The third-order valence-corrected chi connectivity index (χ3v) is 3.28. The second kappa shape index (κ2) is 4.69. The van der Waals surface area contributed by atoms with Gasteiger partial charge < -0.3 is 5.32 Å². The summed E-state index contributed by atoms with van der Waals surface area (Å²) in [5.74, 6) is 0. The molecule has 4 heteroatoms. The van der Waals surface area contributed by atoms with E-state index in [9.17, 15) is 13.2 Å². The predicted octanol–water partition coefficient (Wildman–Crippen LogP) is 3.83. The summed E-state index contributed by atoms with van der Waals surface area (Å²) < 4.78 is 37.6. The van der Waals surface area contributed by atoms with Crippen LogP contribution < -0.4 is 5.32 Å². The molecule has 1 atom stereocenters. The van der Waals surface area contributed by atoms with Crippen LogP contribution in [0.15, 0.2) is 18.2 Å². The molecule has 0 bridgehead atoms. The second-order valence-corrected chi connectivity index (χ2v) is 4.57. The highest BCUT2D eigenvalue weighted by Gasteiger charge is 2.31. The topological polar surface area (TPSA) is 12.0 Å². The summed E-state index contributed by atoms with van der Waals surface area (Å²) in [7, 11) is 0. The molecule has 1 aliphatic heterocycles. The van der Waals surface area contributed by atoms with E-state index in [-0.39, 0.29) is 6.04 Å². The lowest BCUT2D eigenvalue weighted by Crippen LogP contribution is -2.27. The molecule has 1 nitrogen and oxygen atoms in total. The number of benzene rings is 1. The van der Waals surface area contributed by atoms with Crippen molar-refractivity contribution in [1.82, 2.24) is 5.32 Å². The van der Waals surface area contributed by atoms with E-state index in [0.29, 0.717) is 0 Å². The van der Waals surface area contributed by atoms with E-state index in [1.54, 1.807) is 13.0 Å². The molecule has 1 saturated heterocycles. The fourth-order valence-corrected chi connectivity index (χ4v) is 2.36. The smallest absolute Gasteiger partial charge is 0.310 e. The first-order valence-electron chi connectivity index (χ1n) is 5.89. The van der Waals surface area contributed by atoms with Crippen molar-refractivity contribution in [1.29, 1.82) is 0 Å². The Balaban J connectivity index is 2.25. The molecule has 0 amide bonds. The Morgan fingerprint density at radius 2 is 2.00 bits per heavy atom. The average Bonchev–Trinajstić information content (AvgIpc) is 2.29. The highest BCUT2D eigenvalue weighted by Crippen LogP contribution is 2.33. The zero-order chi connectivity index (χ0) is 12.5. The van der Waals surface area contributed by atoms with Gasteiger partial charge in [-0.25, -0.2) is 0 Å². The first-order chi connectivity index (χ1) is 7.98. The van der Waals surface area contributed by atoms with Gasteiger partial charge in [0.15, 0.2) is 0 Å². The minimum Gasteiger partial charge on any atom is -0.310 e. The number of hydrogen-bond donors (Lipinski definition) is 1. The molecule has 0 aliphatic carbocycles. The van der Waals surface area contributed by atoms with E-state index in [1.807, 2.05) is 0 Å². The normalized spacial score (nSPS) is 21.5. The van der Waals surface area contributed by atoms with Crippen molar-refractivity contribution < 1.29 is 13.2 Å². The van der Waals surface area contributed by atoms with Crippen LogP contribution in [0.2, 0.25) is 0 Å². The van der Waals surface area contributed by atoms with Crippen molar-refractivity contribution in [2.24, 2.45) is 0 Å². The second-order valence-electron chi connectivity index (χ2n) is 4.57. The number of halogens is 3. The first kappa shape index (κ1) is 12.4. The Bertz CT molecular complexity index is 392. The number of alkyl halides is 3. The molecule has 0 aromatic heterocycles. The van der Waals surface area contributed by atoms with Crippen LogP contribution in [0.4, 0.5) is 13.2 Å². The van der Waals surface area contributed by atoms with E-state index in [2.05, 4.69) is 5.32 Å². The molecule has 17 heavy (non-hydrogen) atoms. The molecule has 1 aromatic carbocycles. The van der Waals surface area contributed by atoms with Gasteiger partial charge in [-0.1, -0.05) is 12.5 Å². The summed E-state index contributed by atoms with van der Waals surface area (Å²) in [6.45, 7) is 2.70. The van der Waals surface area contributed by atoms with E-state index >= 15 is 0 Å². The lowest BCUT2D eigenvalue weighted by atomic mass is 9.93.